The van der Waals surface area contributed by atoms with Gasteiger partial charge >= 0.3 is 0 Å². The van der Waals surface area contributed by atoms with E-state index in [2.05, 4.69) is 48.8 Å². The molecule has 1 heterocycles. The van der Waals surface area contributed by atoms with Gasteiger partial charge in [0, 0.05) is 23.1 Å². The van der Waals surface area contributed by atoms with E-state index in [0.29, 0.717) is 4.08 Å². The van der Waals surface area contributed by atoms with Gasteiger partial charge in [-0.05, 0) is 68.6 Å². The first kappa shape index (κ1) is 16.8. The number of nitrogens with one attached hydrogen (secondary N) is 1. The molecular weight excluding hydrogens is 334 g/mol. The van der Waals surface area contributed by atoms with E-state index in [1.165, 1.54) is 41.9 Å². The standard InChI is InChI=1S/C20H27NOS2/c1-13-5-3-8-18(14(13)2)21-19(22)15-11-16-6-4-7-17(12-15)20(16)23-9-10-24-20/h3,5,8,15-17H,4,6-7,9-12H2,1-2H3,(H,21,22)/t15?,16-,17+. The molecule has 0 radical (unpaired) electrons. The van der Waals surface area contributed by atoms with Crippen LogP contribution in [0.3, 0.4) is 0 Å². The molecule has 2 bridgehead atoms. The SMILES string of the molecule is Cc1cccc(NC(=O)C2C[C@H]3CCC[C@@H](C2)C32SCCS2)c1C. The fraction of sp³-hybridized carbons (Fsp3) is 0.650. The van der Waals surface area contributed by atoms with Crippen LogP contribution in [0.2, 0.25) is 0 Å². The van der Waals surface area contributed by atoms with Crippen LogP contribution in [0, 0.1) is 31.6 Å². The number of hydrogen-bond acceptors (Lipinski definition) is 3. The van der Waals surface area contributed by atoms with Crippen molar-refractivity contribution < 1.29 is 4.79 Å². The van der Waals surface area contributed by atoms with Crippen LogP contribution in [0.15, 0.2) is 18.2 Å². The third-order valence-corrected chi connectivity index (χ3v) is 10.4. The van der Waals surface area contributed by atoms with Gasteiger partial charge in [-0.1, -0.05) is 18.6 Å². The molecule has 1 amide bonds. The molecule has 1 aliphatic heterocycles. The van der Waals surface area contributed by atoms with Gasteiger partial charge in [0.25, 0.3) is 0 Å². The largest absolute Gasteiger partial charge is 0.326 e. The van der Waals surface area contributed by atoms with Gasteiger partial charge in [0.15, 0.2) is 0 Å². The molecule has 2 aliphatic carbocycles. The first-order valence-corrected chi connectivity index (χ1v) is 11.2. The molecule has 1 saturated heterocycles. The number of amides is 1. The van der Waals surface area contributed by atoms with Crippen molar-refractivity contribution in [1.29, 1.82) is 0 Å². The Morgan fingerprint density at radius 3 is 2.46 bits per heavy atom. The van der Waals surface area contributed by atoms with E-state index in [1.54, 1.807) is 0 Å². The number of anilines is 1. The lowest BCUT2D eigenvalue weighted by molar-refractivity contribution is -0.122. The summed E-state index contributed by atoms with van der Waals surface area (Å²) >= 11 is 4.42. The highest BCUT2D eigenvalue weighted by molar-refractivity contribution is 8.21. The number of hydrogen-bond donors (Lipinski definition) is 1. The second-order valence-electron chi connectivity index (χ2n) is 7.65. The fourth-order valence-electron chi connectivity index (χ4n) is 4.94. The summed E-state index contributed by atoms with van der Waals surface area (Å²) in [4.78, 5) is 12.9. The van der Waals surface area contributed by atoms with E-state index in [1.807, 2.05) is 12.1 Å². The van der Waals surface area contributed by atoms with Crippen molar-refractivity contribution in [1.82, 2.24) is 0 Å². The second-order valence-corrected chi connectivity index (χ2v) is 10.7. The molecule has 2 saturated carbocycles. The summed E-state index contributed by atoms with van der Waals surface area (Å²) in [5.41, 5.74) is 3.43. The van der Waals surface area contributed by atoms with Crippen LogP contribution in [0.1, 0.15) is 43.2 Å². The normalized spacial score (nSPS) is 31.2. The van der Waals surface area contributed by atoms with Gasteiger partial charge in [0.1, 0.15) is 0 Å². The lowest BCUT2D eigenvalue weighted by Crippen LogP contribution is -2.48. The van der Waals surface area contributed by atoms with Crippen LogP contribution in [0.25, 0.3) is 0 Å². The Hall–Kier alpha value is -0.610. The van der Waals surface area contributed by atoms with Crippen molar-refractivity contribution in [2.45, 2.75) is 50.0 Å². The third-order valence-electron chi connectivity index (χ3n) is 6.35. The van der Waals surface area contributed by atoms with E-state index in [9.17, 15) is 4.79 Å². The van der Waals surface area contributed by atoms with Gasteiger partial charge in [0.2, 0.25) is 5.91 Å². The summed E-state index contributed by atoms with van der Waals surface area (Å²) in [6, 6.07) is 6.18. The maximum absolute atomic E-state index is 12.9. The Balaban J connectivity index is 1.50. The van der Waals surface area contributed by atoms with Gasteiger partial charge in [0.05, 0.1) is 4.08 Å². The van der Waals surface area contributed by atoms with Crippen LogP contribution in [0.5, 0.6) is 0 Å². The minimum Gasteiger partial charge on any atom is -0.326 e. The molecule has 2 nitrogen and oxygen atoms in total. The van der Waals surface area contributed by atoms with Gasteiger partial charge in [-0.2, -0.15) is 0 Å². The summed E-state index contributed by atoms with van der Waals surface area (Å²) in [6.45, 7) is 4.20. The molecule has 0 aromatic heterocycles. The van der Waals surface area contributed by atoms with E-state index in [0.717, 1.165) is 30.4 Å². The van der Waals surface area contributed by atoms with Crippen LogP contribution in [0.4, 0.5) is 5.69 Å². The Bertz CT molecular complexity index is 623. The number of carbonyl (C=O) groups is 1. The molecule has 4 heteroatoms. The molecule has 3 fully saturated rings. The zero-order chi connectivity index (χ0) is 16.7. The zero-order valence-corrected chi connectivity index (χ0v) is 16.3. The lowest BCUT2D eigenvalue weighted by atomic mass is 9.67. The molecule has 3 atom stereocenters. The van der Waals surface area contributed by atoms with Gasteiger partial charge in [-0.3, -0.25) is 4.79 Å². The number of thioether (sulfide) groups is 2. The molecule has 1 aromatic rings. The molecule has 24 heavy (non-hydrogen) atoms. The zero-order valence-electron chi connectivity index (χ0n) is 14.6. The molecular formula is C20H27NOS2. The van der Waals surface area contributed by atoms with Crippen molar-refractivity contribution in [2.24, 2.45) is 17.8 Å². The van der Waals surface area contributed by atoms with Gasteiger partial charge in [-0.25, -0.2) is 0 Å². The molecule has 1 spiro atoms. The summed E-state index contributed by atoms with van der Waals surface area (Å²) in [7, 11) is 0. The first-order valence-electron chi connectivity index (χ1n) is 9.25. The minimum atomic E-state index is 0.202. The molecule has 130 valence electrons. The summed E-state index contributed by atoms with van der Waals surface area (Å²) in [5, 5.41) is 3.24. The van der Waals surface area contributed by atoms with Crippen molar-refractivity contribution in [3.8, 4) is 0 Å². The maximum Gasteiger partial charge on any atom is 0.227 e. The number of carbonyl (C=O) groups excluding carboxylic acids is 1. The minimum absolute atomic E-state index is 0.202. The van der Waals surface area contributed by atoms with Crippen molar-refractivity contribution >= 4 is 35.1 Å². The molecule has 1 aromatic carbocycles. The smallest absolute Gasteiger partial charge is 0.227 e. The summed E-state index contributed by atoms with van der Waals surface area (Å²) in [6.07, 6.45) is 6.19. The van der Waals surface area contributed by atoms with Crippen molar-refractivity contribution in [3.63, 3.8) is 0 Å². The van der Waals surface area contributed by atoms with E-state index < -0.39 is 0 Å². The number of rotatable bonds is 2. The van der Waals surface area contributed by atoms with Crippen LogP contribution in [-0.4, -0.2) is 21.5 Å². The topological polar surface area (TPSA) is 29.1 Å². The average Bonchev–Trinajstić information content (AvgIpc) is 3.01. The van der Waals surface area contributed by atoms with Crippen molar-refractivity contribution in [2.75, 3.05) is 16.8 Å². The predicted octanol–water partition coefficient (Wildman–Crippen LogP) is 5.24. The van der Waals surface area contributed by atoms with Crippen molar-refractivity contribution in [3.05, 3.63) is 29.3 Å². The first-order chi connectivity index (χ1) is 11.6. The van der Waals surface area contributed by atoms with E-state index in [4.69, 9.17) is 0 Å². The van der Waals surface area contributed by atoms with E-state index >= 15 is 0 Å². The highest BCUT2D eigenvalue weighted by Crippen LogP contribution is 2.64. The highest BCUT2D eigenvalue weighted by atomic mass is 32.2. The van der Waals surface area contributed by atoms with Crippen LogP contribution >= 0.6 is 23.5 Å². The summed E-state index contributed by atoms with van der Waals surface area (Å²) in [5.74, 6) is 4.53. The van der Waals surface area contributed by atoms with E-state index in [-0.39, 0.29) is 11.8 Å². The van der Waals surface area contributed by atoms with Crippen LogP contribution < -0.4 is 5.32 Å². The summed E-state index contributed by atoms with van der Waals surface area (Å²) < 4.78 is 0.453. The number of aryl methyl sites for hydroxylation is 1. The molecule has 1 N–H and O–H groups in total. The van der Waals surface area contributed by atoms with Gasteiger partial charge in [-0.15, -0.1) is 23.5 Å². The van der Waals surface area contributed by atoms with Crippen LogP contribution in [-0.2, 0) is 4.79 Å². The Labute approximate surface area is 153 Å². The Kier molecular flexibility index (Phi) is 4.63. The molecule has 3 aliphatic rings. The third kappa shape index (κ3) is 2.80. The predicted molar refractivity (Wildman–Crippen MR) is 106 cm³/mol. The van der Waals surface area contributed by atoms with Gasteiger partial charge < -0.3 is 5.32 Å². The quantitative estimate of drug-likeness (QED) is 0.780. The highest BCUT2D eigenvalue weighted by Gasteiger charge is 2.55. The number of benzene rings is 1. The fourth-order valence-corrected chi connectivity index (χ4v) is 8.88. The maximum atomic E-state index is 12.9. The average molecular weight is 362 g/mol. The monoisotopic (exact) mass is 361 g/mol. The second kappa shape index (κ2) is 6.60. The molecule has 1 unspecified atom stereocenters. The lowest BCUT2D eigenvalue weighted by Gasteiger charge is -2.52. The Morgan fingerprint density at radius 2 is 1.79 bits per heavy atom. The molecule has 4 rings (SSSR count). The Morgan fingerprint density at radius 1 is 1.12 bits per heavy atom.